The summed E-state index contributed by atoms with van der Waals surface area (Å²) in [5.74, 6) is 1.60. The van der Waals surface area contributed by atoms with Crippen LogP contribution in [0.3, 0.4) is 0 Å². The lowest BCUT2D eigenvalue weighted by molar-refractivity contribution is -0.0250. The Kier molecular flexibility index (Phi) is 5.50. The average molecular weight is 332 g/mol. The van der Waals surface area contributed by atoms with Gasteiger partial charge in [0.15, 0.2) is 0 Å². The standard InChI is InChI=1S/C18H24N2O4/c21-9-12-24-16-3-1-15(2-4-16)17-19-7-8-20(17)13-18(14-22)5-10-23-11-6-18/h1-4,7-8,21-22H,5-6,9-14H2. The Morgan fingerprint density at radius 2 is 1.92 bits per heavy atom. The fourth-order valence-electron chi connectivity index (χ4n) is 3.09. The SMILES string of the molecule is OCCOc1ccc(-c2nccn2CC2(CO)CCOCC2)cc1. The van der Waals surface area contributed by atoms with Crippen molar-refractivity contribution in [1.82, 2.24) is 9.55 Å². The van der Waals surface area contributed by atoms with Crippen molar-refractivity contribution in [2.45, 2.75) is 19.4 Å². The number of aromatic nitrogens is 2. The molecule has 0 atom stereocenters. The molecule has 6 nitrogen and oxygen atoms in total. The molecule has 0 saturated carbocycles. The van der Waals surface area contributed by atoms with Crippen molar-refractivity contribution in [1.29, 1.82) is 0 Å². The smallest absolute Gasteiger partial charge is 0.139 e. The van der Waals surface area contributed by atoms with Gasteiger partial charge >= 0.3 is 0 Å². The zero-order chi connectivity index (χ0) is 16.8. The van der Waals surface area contributed by atoms with Crippen LogP contribution in [0.4, 0.5) is 0 Å². The molecule has 2 heterocycles. The van der Waals surface area contributed by atoms with Gasteiger partial charge in [-0.1, -0.05) is 0 Å². The lowest BCUT2D eigenvalue weighted by atomic mass is 9.81. The minimum atomic E-state index is -0.141. The van der Waals surface area contributed by atoms with Gasteiger partial charge in [0.2, 0.25) is 0 Å². The summed E-state index contributed by atoms with van der Waals surface area (Å²) in [6, 6.07) is 7.67. The summed E-state index contributed by atoms with van der Waals surface area (Å²) in [5.41, 5.74) is 0.856. The van der Waals surface area contributed by atoms with E-state index < -0.39 is 0 Å². The van der Waals surface area contributed by atoms with Crippen molar-refractivity contribution in [3.05, 3.63) is 36.7 Å². The molecule has 2 N–H and O–H groups in total. The van der Waals surface area contributed by atoms with E-state index >= 15 is 0 Å². The number of nitrogens with zero attached hydrogens (tertiary/aromatic N) is 2. The van der Waals surface area contributed by atoms with Crippen molar-refractivity contribution in [2.75, 3.05) is 33.0 Å². The summed E-state index contributed by atoms with van der Waals surface area (Å²) in [5, 5.41) is 18.7. The van der Waals surface area contributed by atoms with Crippen LogP contribution in [0.2, 0.25) is 0 Å². The molecular formula is C18H24N2O4. The van der Waals surface area contributed by atoms with E-state index in [4.69, 9.17) is 14.6 Å². The monoisotopic (exact) mass is 332 g/mol. The highest BCUT2D eigenvalue weighted by Gasteiger charge is 2.33. The van der Waals surface area contributed by atoms with E-state index in [0.717, 1.165) is 36.5 Å². The highest BCUT2D eigenvalue weighted by molar-refractivity contribution is 5.56. The second-order valence-electron chi connectivity index (χ2n) is 6.25. The second-order valence-corrected chi connectivity index (χ2v) is 6.25. The van der Waals surface area contributed by atoms with Crippen LogP contribution in [-0.4, -0.2) is 52.8 Å². The van der Waals surface area contributed by atoms with Crippen molar-refractivity contribution in [3.63, 3.8) is 0 Å². The molecule has 0 bridgehead atoms. The van der Waals surface area contributed by atoms with E-state index in [2.05, 4.69) is 9.55 Å². The summed E-state index contributed by atoms with van der Waals surface area (Å²) < 4.78 is 12.9. The van der Waals surface area contributed by atoms with Crippen LogP contribution >= 0.6 is 0 Å². The molecule has 0 aliphatic carbocycles. The van der Waals surface area contributed by atoms with E-state index in [-0.39, 0.29) is 25.2 Å². The molecule has 0 unspecified atom stereocenters. The van der Waals surface area contributed by atoms with Gasteiger partial charge in [0.1, 0.15) is 18.2 Å². The van der Waals surface area contributed by atoms with Gasteiger partial charge in [-0.3, -0.25) is 0 Å². The predicted octanol–water partition coefficient (Wildman–Crippen LogP) is 1.71. The van der Waals surface area contributed by atoms with E-state index in [1.54, 1.807) is 6.20 Å². The molecule has 1 aromatic heterocycles. The summed E-state index contributed by atoms with van der Waals surface area (Å²) in [6.07, 6.45) is 5.46. The van der Waals surface area contributed by atoms with Crippen molar-refractivity contribution in [3.8, 4) is 17.1 Å². The van der Waals surface area contributed by atoms with Gasteiger partial charge in [0, 0.05) is 43.1 Å². The fraction of sp³-hybridized carbons (Fsp3) is 0.500. The molecule has 6 heteroatoms. The summed E-state index contributed by atoms with van der Waals surface area (Å²) >= 11 is 0. The summed E-state index contributed by atoms with van der Waals surface area (Å²) in [7, 11) is 0. The highest BCUT2D eigenvalue weighted by Crippen LogP contribution is 2.33. The van der Waals surface area contributed by atoms with Crippen LogP contribution < -0.4 is 4.74 Å². The first kappa shape index (κ1) is 17.0. The normalized spacial score (nSPS) is 16.9. The molecule has 1 aromatic carbocycles. The Morgan fingerprint density at radius 3 is 2.58 bits per heavy atom. The van der Waals surface area contributed by atoms with E-state index in [1.165, 1.54) is 0 Å². The maximum Gasteiger partial charge on any atom is 0.139 e. The maximum atomic E-state index is 9.89. The Balaban J connectivity index is 1.77. The van der Waals surface area contributed by atoms with Crippen LogP contribution in [0.5, 0.6) is 5.75 Å². The third-order valence-electron chi connectivity index (χ3n) is 4.58. The summed E-state index contributed by atoms with van der Waals surface area (Å²) in [6.45, 7) is 2.56. The van der Waals surface area contributed by atoms with Gasteiger partial charge in [-0.25, -0.2) is 4.98 Å². The lowest BCUT2D eigenvalue weighted by Gasteiger charge is -2.36. The lowest BCUT2D eigenvalue weighted by Crippen LogP contribution is -2.37. The second kappa shape index (κ2) is 7.79. The topological polar surface area (TPSA) is 76.7 Å². The van der Waals surface area contributed by atoms with Crippen molar-refractivity contribution in [2.24, 2.45) is 5.41 Å². The molecule has 1 saturated heterocycles. The third-order valence-corrected chi connectivity index (χ3v) is 4.58. The molecule has 24 heavy (non-hydrogen) atoms. The first-order chi connectivity index (χ1) is 11.8. The van der Waals surface area contributed by atoms with Gasteiger partial charge in [-0.2, -0.15) is 0 Å². The van der Waals surface area contributed by atoms with Crippen LogP contribution in [0.15, 0.2) is 36.7 Å². The number of aliphatic hydroxyl groups excluding tert-OH is 2. The number of hydrogen-bond donors (Lipinski definition) is 2. The average Bonchev–Trinajstić information content (AvgIpc) is 3.09. The number of aliphatic hydroxyl groups is 2. The number of ether oxygens (including phenoxy) is 2. The molecule has 130 valence electrons. The van der Waals surface area contributed by atoms with Gasteiger partial charge < -0.3 is 24.3 Å². The van der Waals surface area contributed by atoms with E-state index in [9.17, 15) is 5.11 Å². The van der Waals surface area contributed by atoms with Crippen LogP contribution in [0.25, 0.3) is 11.4 Å². The zero-order valence-electron chi connectivity index (χ0n) is 13.7. The molecular weight excluding hydrogens is 308 g/mol. The molecule has 1 aliphatic rings. The number of benzene rings is 1. The van der Waals surface area contributed by atoms with Gasteiger partial charge in [-0.05, 0) is 37.1 Å². The largest absolute Gasteiger partial charge is 0.491 e. The van der Waals surface area contributed by atoms with Crippen molar-refractivity contribution >= 4 is 0 Å². The molecule has 1 aliphatic heterocycles. The quantitative estimate of drug-likeness (QED) is 0.807. The Bertz CT molecular complexity index is 633. The van der Waals surface area contributed by atoms with E-state index in [0.29, 0.717) is 13.2 Å². The Labute approximate surface area is 141 Å². The third kappa shape index (κ3) is 3.77. The fourth-order valence-corrected chi connectivity index (χ4v) is 3.09. The zero-order valence-corrected chi connectivity index (χ0v) is 13.7. The van der Waals surface area contributed by atoms with Gasteiger partial charge in [0.05, 0.1) is 13.2 Å². The predicted molar refractivity (Wildman–Crippen MR) is 89.8 cm³/mol. The van der Waals surface area contributed by atoms with Crippen LogP contribution in [0, 0.1) is 5.41 Å². The molecule has 0 radical (unpaired) electrons. The van der Waals surface area contributed by atoms with Crippen LogP contribution in [0.1, 0.15) is 12.8 Å². The van der Waals surface area contributed by atoms with Crippen LogP contribution in [-0.2, 0) is 11.3 Å². The molecule has 0 amide bonds. The van der Waals surface area contributed by atoms with Gasteiger partial charge in [0.25, 0.3) is 0 Å². The number of hydrogen-bond acceptors (Lipinski definition) is 5. The molecule has 3 rings (SSSR count). The Morgan fingerprint density at radius 1 is 1.17 bits per heavy atom. The minimum absolute atomic E-state index is 0.000879. The Hall–Kier alpha value is -1.89. The number of imidazole rings is 1. The minimum Gasteiger partial charge on any atom is -0.491 e. The maximum absolute atomic E-state index is 9.89. The number of rotatable bonds is 7. The molecule has 1 fully saturated rings. The molecule has 0 spiro atoms. The summed E-state index contributed by atoms with van der Waals surface area (Å²) in [4.78, 5) is 4.48. The highest BCUT2D eigenvalue weighted by atomic mass is 16.5. The first-order valence-corrected chi connectivity index (χ1v) is 8.30. The van der Waals surface area contributed by atoms with Gasteiger partial charge in [-0.15, -0.1) is 0 Å². The first-order valence-electron chi connectivity index (χ1n) is 8.30. The van der Waals surface area contributed by atoms with E-state index in [1.807, 2.05) is 30.5 Å². The molecule has 2 aromatic rings. The van der Waals surface area contributed by atoms with Crippen molar-refractivity contribution < 1.29 is 19.7 Å².